The molecule has 0 saturated heterocycles. The van der Waals surface area contributed by atoms with E-state index in [0.29, 0.717) is 0 Å². The zero-order chi connectivity index (χ0) is 79.3. The quantitative estimate of drug-likeness (QED) is 0.155. The van der Waals surface area contributed by atoms with Gasteiger partial charge in [0.05, 0.1) is 44.2 Å². The Bertz CT molecular complexity index is 8680. The molecule has 9 heterocycles. The molecule has 3 unspecified atom stereocenters. The lowest BCUT2D eigenvalue weighted by molar-refractivity contribution is 0.592. The van der Waals surface area contributed by atoms with E-state index in [1.165, 1.54) is 40.3 Å². The molecule has 0 saturated carbocycles. The maximum Gasteiger partial charge on any atom is 0.172 e. The van der Waals surface area contributed by atoms with Crippen LogP contribution in [0.5, 0.6) is 0 Å². The fraction of sp³-hybridized carbons (Fsp3) is 0. The van der Waals surface area contributed by atoms with Crippen LogP contribution in [-0.4, -0.2) is 13.7 Å². The Morgan fingerprint density at radius 2 is 0.567 bits per heavy atom. The van der Waals surface area contributed by atoms with Crippen molar-refractivity contribution in [2.45, 2.75) is 0 Å². The highest BCUT2D eigenvalue weighted by molar-refractivity contribution is 7.88. The topological polar surface area (TPSA) is 79.1 Å². The lowest BCUT2D eigenvalue weighted by atomic mass is 10.0. The number of fused-ring (bicyclic) bond motifs is 30. The van der Waals surface area contributed by atoms with Crippen LogP contribution < -0.4 is 47.7 Å². The molecule has 0 spiro atoms. The van der Waals surface area contributed by atoms with Gasteiger partial charge in [-0.05, 0) is 130 Å². The summed E-state index contributed by atoms with van der Waals surface area (Å²) in [5.74, 6) is 0. The SMILES string of the molecule is O=P1(c2ccccc2)c2ccccc2-c2ccc3c(c21)c1ccccc1n3-c1ccc2c(c1)sc1ccccc12.O=P1(c2ccccc2)c2ccccc2-c2ccc3c(c21)c1ccccc1n3-c1ccc2sc3ccccc3c2c1.O=P1(c2ccccc2)c2ccccc2-c2ccc3c(c21)c1ccccc1n3-c1cccc2oc3ccccc3c12. The number of rotatable bonds is 6. The van der Waals surface area contributed by atoms with Crippen LogP contribution >= 0.6 is 44.1 Å². The number of para-hydroxylation sites is 4. The van der Waals surface area contributed by atoms with Crippen molar-refractivity contribution in [3.63, 3.8) is 0 Å². The van der Waals surface area contributed by atoms with E-state index in [0.717, 1.165) is 186 Å². The summed E-state index contributed by atoms with van der Waals surface area (Å²) >= 11 is 3.67. The molecule has 120 heavy (non-hydrogen) atoms. The van der Waals surface area contributed by atoms with Crippen molar-refractivity contribution in [3.05, 3.63) is 400 Å². The molecule has 0 fully saturated rings. The van der Waals surface area contributed by atoms with Gasteiger partial charge in [-0.25, -0.2) is 0 Å². The summed E-state index contributed by atoms with van der Waals surface area (Å²) in [6.45, 7) is 0. The largest absolute Gasteiger partial charge is 0.456 e. The highest BCUT2D eigenvalue weighted by Crippen LogP contribution is 2.59. The standard InChI is InChI=1S/C36H22NO2P.2C36H22NOPS/c38-40(23-11-2-1-3-12-23)33-20-9-6-13-24(33)25-21-22-30-35(36(25)40)26-14-4-7-16-28(26)37(30)29-17-10-19-32-34(29)27-15-5-8-18-31(27)39-32;38-39(24-10-2-1-3-11-24)32-16-8-5-12-25(32)27-19-20-31-35(36(27)39)28-14-4-7-15-30(28)37(31)23-18-21-34-29(22-23)26-13-6-9-17-33(26)40-34;38-39(24-10-2-1-3-11-24)32-16-8-5-12-25(32)28-20-21-31-35(36(28)39)29-14-4-7-15-30(29)37(31)23-18-19-27-26-13-6-9-17-33(26)40-34(27)22-23/h3*1-22H. The third-order valence-corrected chi connectivity index (χ3v) is 37.0. The normalized spacial score (nSPS) is 16.2. The first-order valence-electron chi connectivity index (χ1n) is 40.4. The molecule has 7 nitrogen and oxygen atoms in total. The van der Waals surface area contributed by atoms with Crippen LogP contribution in [0.2, 0.25) is 0 Å². The van der Waals surface area contributed by atoms with E-state index in [1.54, 1.807) is 0 Å². The molecule has 24 aromatic rings. The van der Waals surface area contributed by atoms with E-state index in [4.69, 9.17) is 4.42 Å². The third-order valence-electron chi connectivity index (χ3n) is 25.2. The number of hydrogen-bond acceptors (Lipinski definition) is 6. The molecular weight excluding hydrogens is 1560 g/mol. The molecule has 3 aliphatic heterocycles. The summed E-state index contributed by atoms with van der Waals surface area (Å²) in [7, 11) is -9.34. The van der Waals surface area contributed by atoms with Gasteiger partial charge in [0.15, 0.2) is 21.4 Å². The van der Waals surface area contributed by atoms with Gasteiger partial charge in [0.2, 0.25) is 0 Å². The molecule has 18 aromatic carbocycles. The lowest BCUT2D eigenvalue weighted by Crippen LogP contribution is -2.21. The van der Waals surface area contributed by atoms with Gasteiger partial charge in [-0.15, -0.1) is 22.7 Å². The van der Waals surface area contributed by atoms with Crippen LogP contribution in [0.25, 0.3) is 178 Å². The van der Waals surface area contributed by atoms with E-state index in [9.17, 15) is 0 Å². The molecule has 0 aliphatic carbocycles. The van der Waals surface area contributed by atoms with Crippen molar-refractivity contribution >= 4 is 220 Å². The van der Waals surface area contributed by atoms with Gasteiger partial charge in [-0.1, -0.05) is 303 Å². The number of nitrogens with zero attached hydrogens (tertiary/aromatic N) is 3. The molecule has 0 bridgehead atoms. The number of hydrogen-bond donors (Lipinski definition) is 0. The lowest BCUT2D eigenvalue weighted by Gasteiger charge is -2.17. The Balaban J connectivity index is 0.0000000997. The van der Waals surface area contributed by atoms with E-state index in [1.807, 2.05) is 162 Å². The van der Waals surface area contributed by atoms with Gasteiger partial charge in [-0.2, -0.15) is 0 Å². The molecule has 564 valence electrons. The zero-order valence-electron chi connectivity index (χ0n) is 64.2. The molecule has 12 heteroatoms. The van der Waals surface area contributed by atoms with E-state index in [-0.39, 0.29) is 0 Å². The van der Waals surface area contributed by atoms with E-state index in [2.05, 4.69) is 275 Å². The fourth-order valence-electron chi connectivity index (χ4n) is 20.2. The number of thiophene rings is 2. The molecule has 3 atom stereocenters. The molecule has 0 amide bonds. The molecule has 3 aliphatic rings. The summed E-state index contributed by atoms with van der Waals surface area (Å²) in [4.78, 5) is 0. The first-order chi connectivity index (χ1) is 59.2. The highest BCUT2D eigenvalue weighted by atomic mass is 32.1. The second kappa shape index (κ2) is 26.4. The van der Waals surface area contributed by atoms with Gasteiger partial charge in [0.1, 0.15) is 11.2 Å². The minimum Gasteiger partial charge on any atom is -0.456 e. The molecule has 0 N–H and O–H groups in total. The maximum absolute atomic E-state index is 15.6. The minimum absolute atomic E-state index is 0.855. The van der Waals surface area contributed by atoms with Gasteiger partial charge in [-0.3, -0.25) is 0 Å². The van der Waals surface area contributed by atoms with Crippen LogP contribution in [0.1, 0.15) is 0 Å². The number of furan rings is 1. The molecular formula is C108H66N3O4P3S2. The van der Waals surface area contributed by atoms with Crippen molar-refractivity contribution in [3.8, 4) is 50.4 Å². The second-order valence-corrected chi connectivity index (χ2v) is 41.5. The average Bonchev–Trinajstić information content (AvgIpc) is 1.53. The van der Waals surface area contributed by atoms with Crippen molar-refractivity contribution in [1.29, 1.82) is 0 Å². The summed E-state index contributed by atoms with van der Waals surface area (Å²) in [6, 6.07) is 139. The molecule has 27 rings (SSSR count). The van der Waals surface area contributed by atoms with Crippen LogP contribution in [0.15, 0.2) is 405 Å². The first-order valence-corrected chi connectivity index (χ1v) is 47.2. The van der Waals surface area contributed by atoms with E-state index >= 15 is 13.7 Å². The van der Waals surface area contributed by atoms with Crippen LogP contribution in [0, 0.1) is 0 Å². The average molecular weight is 1630 g/mol. The Morgan fingerprint density at radius 1 is 0.217 bits per heavy atom. The Labute approximate surface area is 696 Å². The zero-order valence-corrected chi connectivity index (χ0v) is 68.6. The molecule has 0 radical (unpaired) electrons. The van der Waals surface area contributed by atoms with Crippen molar-refractivity contribution in [1.82, 2.24) is 13.7 Å². The van der Waals surface area contributed by atoms with E-state index < -0.39 is 21.4 Å². The Kier molecular flexibility index (Phi) is 15.3. The van der Waals surface area contributed by atoms with Gasteiger partial charge in [0.25, 0.3) is 0 Å². The van der Waals surface area contributed by atoms with Gasteiger partial charge < -0.3 is 31.8 Å². The summed E-state index contributed by atoms with van der Waals surface area (Å²) in [6.07, 6.45) is 0. The predicted molar refractivity (Wildman–Crippen MR) is 511 cm³/mol. The fourth-order valence-corrected chi connectivity index (χ4v) is 32.3. The summed E-state index contributed by atoms with van der Waals surface area (Å²) < 4.78 is 65.1. The van der Waals surface area contributed by atoms with Crippen molar-refractivity contribution in [2.75, 3.05) is 0 Å². The van der Waals surface area contributed by atoms with Crippen LogP contribution in [-0.2, 0) is 13.7 Å². The Hall–Kier alpha value is -13.7. The Morgan fingerprint density at radius 3 is 1.06 bits per heavy atom. The van der Waals surface area contributed by atoms with Crippen molar-refractivity contribution < 1.29 is 18.1 Å². The van der Waals surface area contributed by atoms with Crippen LogP contribution in [0.4, 0.5) is 0 Å². The highest BCUT2D eigenvalue weighted by Gasteiger charge is 2.46. The van der Waals surface area contributed by atoms with Crippen molar-refractivity contribution in [2.24, 2.45) is 0 Å². The number of benzene rings is 18. The minimum atomic E-state index is -3.14. The third kappa shape index (κ3) is 9.72. The predicted octanol–water partition coefficient (Wildman–Crippen LogP) is 25.8. The van der Waals surface area contributed by atoms with Crippen LogP contribution in [0.3, 0.4) is 0 Å². The maximum atomic E-state index is 15.6. The first kappa shape index (κ1) is 69.4. The smallest absolute Gasteiger partial charge is 0.172 e. The summed E-state index contributed by atoms with van der Waals surface area (Å²) in [5.41, 5.74) is 18.0. The second-order valence-electron chi connectivity index (χ2n) is 31.3. The van der Waals surface area contributed by atoms with Gasteiger partial charge in [0, 0.05) is 137 Å². The molecule has 6 aromatic heterocycles. The monoisotopic (exact) mass is 1630 g/mol. The number of aromatic nitrogens is 3. The van der Waals surface area contributed by atoms with Gasteiger partial charge >= 0.3 is 0 Å². The summed E-state index contributed by atoms with van der Waals surface area (Å²) in [5, 5.41) is 22.2.